The van der Waals surface area contributed by atoms with Crippen molar-refractivity contribution in [3.8, 4) is 0 Å². The normalized spacial score (nSPS) is 19.8. The van der Waals surface area contributed by atoms with Crippen LogP contribution in [0.2, 0.25) is 0 Å². The first-order valence-electron chi connectivity index (χ1n) is 7.40. The summed E-state index contributed by atoms with van der Waals surface area (Å²) in [5.74, 6) is 2.00. The third-order valence-electron chi connectivity index (χ3n) is 3.95. The van der Waals surface area contributed by atoms with E-state index in [9.17, 15) is 0 Å². The van der Waals surface area contributed by atoms with Gasteiger partial charge in [0.05, 0.1) is 11.4 Å². The number of nitrogens with zero attached hydrogens (tertiary/aromatic N) is 4. The van der Waals surface area contributed by atoms with Gasteiger partial charge in [0.25, 0.3) is 0 Å². The van der Waals surface area contributed by atoms with E-state index in [1.807, 2.05) is 13.0 Å². The lowest BCUT2D eigenvalue weighted by atomic mass is 9.93. The van der Waals surface area contributed by atoms with Gasteiger partial charge in [-0.1, -0.05) is 5.16 Å². The minimum atomic E-state index is 0.557. The largest absolute Gasteiger partial charge is 0.382 e. The molecule has 6 nitrogen and oxygen atoms in total. The average Bonchev–Trinajstić information content (AvgIpc) is 2.87. The maximum Gasteiger partial charge on any atom is 0.145 e. The van der Waals surface area contributed by atoms with Gasteiger partial charge in [-0.05, 0) is 38.6 Å². The van der Waals surface area contributed by atoms with Gasteiger partial charge in [-0.2, -0.15) is 0 Å². The van der Waals surface area contributed by atoms with Crippen molar-refractivity contribution < 1.29 is 4.52 Å². The molecule has 1 fully saturated rings. The van der Waals surface area contributed by atoms with E-state index < -0.39 is 0 Å². The van der Waals surface area contributed by atoms with Gasteiger partial charge in [0.15, 0.2) is 0 Å². The molecule has 1 aliphatic rings. The molecule has 2 N–H and O–H groups in total. The predicted octanol–water partition coefficient (Wildman–Crippen LogP) is 1.81. The summed E-state index contributed by atoms with van der Waals surface area (Å²) in [6, 6.07) is 2.00. The molecule has 2 aromatic rings. The second-order valence-electron chi connectivity index (χ2n) is 5.76. The van der Waals surface area contributed by atoms with E-state index in [-0.39, 0.29) is 0 Å². The molecular formula is C15H21N5O. The van der Waals surface area contributed by atoms with Crippen molar-refractivity contribution in [2.24, 2.45) is 5.92 Å². The van der Waals surface area contributed by atoms with Crippen LogP contribution in [0.4, 0.5) is 5.82 Å². The number of rotatable bonds is 4. The van der Waals surface area contributed by atoms with Crippen LogP contribution in [0.3, 0.4) is 0 Å². The van der Waals surface area contributed by atoms with Gasteiger partial charge in [0, 0.05) is 31.5 Å². The number of hydrogen-bond donors (Lipinski definition) is 1. The summed E-state index contributed by atoms with van der Waals surface area (Å²) in [6.45, 7) is 4.93. The molecule has 21 heavy (non-hydrogen) atoms. The lowest BCUT2D eigenvalue weighted by Gasteiger charge is -2.32. The van der Waals surface area contributed by atoms with Crippen molar-refractivity contribution in [2.75, 3.05) is 18.8 Å². The van der Waals surface area contributed by atoms with Crippen molar-refractivity contribution in [3.63, 3.8) is 0 Å². The van der Waals surface area contributed by atoms with Gasteiger partial charge in [-0.15, -0.1) is 0 Å². The highest BCUT2D eigenvalue weighted by atomic mass is 16.5. The first kappa shape index (κ1) is 14.0. The highest BCUT2D eigenvalue weighted by Crippen LogP contribution is 2.22. The second-order valence-corrected chi connectivity index (χ2v) is 5.76. The highest BCUT2D eigenvalue weighted by molar-refractivity contribution is 5.33. The van der Waals surface area contributed by atoms with Crippen LogP contribution in [-0.2, 0) is 13.0 Å². The Balaban J connectivity index is 1.59. The Morgan fingerprint density at radius 2 is 2.24 bits per heavy atom. The Bertz CT molecular complexity index is 597. The van der Waals surface area contributed by atoms with Gasteiger partial charge in [0.2, 0.25) is 0 Å². The molecule has 0 aromatic carbocycles. The molecule has 0 radical (unpaired) electrons. The maximum absolute atomic E-state index is 5.89. The zero-order chi connectivity index (χ0) is 14.7. The summed E-state index contributed by atoms with van der Waals surface area (Å²) < 4.78 is 5.13. The number of nitrogens with two attached hydrogens (primary N) is 1. The number of hydrogen-bond acceptors (Lipinski definition) is 6. The Morgan fingerprint density at radius 1 is 1.38 bits per heavy atom. The Morgan fingerprint density at radius 3 is 3.00 bits per heavy atom. The maximum atomic E-state index is 5.89. The van der Waals surface area contributed by atoms with Crippen LogP contribution in [0, 0.1) is 12.8 Å². The molecule has 1 aliphatic heterocycles. The average molecular weight is 287 g/mol. The number of aromatic nitrogens is 3. The van der Waals surface area contributed by atoms with Crippen LogP contribution in [0.5, 0.6) is 0 Å². The number of nitrogen functional groups attached to an aromatic ring is 1. The van der Waals surface area contributed by atoms with Crippen LogP contribution in [0.15, 0.2) is 23.0 Å². The first-order chi connectivity index (χ1) is 10.2. The zero-order valence-electron chi connectivity index (χ0n) is 12.3. The van der Waals surface area contributed by atoms with Gasteiger partial charge >= 0.3 is 0 Å². The highest BCUT2D eigenvalue weighted by Gasteiger charge is 2.22. The van der Waals surface area contributed by atoms with Crippen molar-refractivity contribution in [1.82, 2.24) is 20.0 Å². The number of anilines is 1. The van der Waals surface area contributed by atoms with Crippen LogP contribution in [0.25, 0.3) is 0 Å². The van der Waals surface area contributed by atoms with Crippen molar-refractivity contribution >= 4 is 5.82 Å². The van der Waals surface area contributed by atoms with E-state index in [0.29, 0.717) is 11.7 Å². The van der Waals surface area contributed by atoms with Crippen LogP contribution in [0.1, 0.15) is 30.0 Å². The third kappa shape index (κ3) is 3.58. The molecule has 6 heteroatoms. The number of likely N-dealkylation sites (tertiary alicyclic amines) is 1. The Labute approximate surface area is 124 Å². The fourth-order valence-corrected chi connectivity index (χ4v) is 2.99. The van der Waals surface area contributed by atoms with Crippen molar-refractivity contribution in [3.05, 3.63) is 35.6 Å². The van der Waals surface area contributed by atoms with Crippen LogP contribution in [-0.4, -0.2) is 33.1 Å². The van der Waals surface area contributed by atoms with Gasteiger partial charge in [0.1, 0.15) is 11.6 Å². The van der Waals surface area contributed by atoms with E-state index >= 15 is 0 Å². The fourth-order valence-electron chi connectivity index (χ4n) is 2.99. The van der Waals surface area contributed by atoms with Crippen molar-refractivity contribution in [2.45, 2.75) is 32.7 Å². The van der Waals surface area contributed by atoms with Crippen molar-refractivity contribution in [1.29, 1.82) is 0 Å². The minimum absolute atomic E-state index is 0.557. The molecule has 0 unspecified atom stereocenters. The molecular weight excluding hydrogens is 266 g/mol. The fraction of sp³-hybridized carbons (Fsp3) is 0.533. The van der Waals surface area contributed by atoms with E-state index in [0.717, 1.165) is 43.2 Å². The second kappa shape index (κ2) is 6.22. The SMILES string of the molecule is Cc1cc(CN2CCC[C@@H](Cc3nccnc3N)C2)no1. The van der Waals surface area contributed by atoms with Gasteiger partial charge < -0.3 is 10.3 Å². The zero-order valence-corrected chi connectivity index (χ0v) is 12.3. The molecule has 3 heterocycles. The van der Waals surface area contributed by atoms with E-state index in [2.05, 4.69) is 20.0 Å². The molecule has 1 saturated heterocycles. The van der Waals surface area contributed by atoms with Gasteiger partial charge in [-0.25, -0.2) is 4.98 Å². The van der Waals surface area contributed by atoms with E-state index in [4.69, 9.17) is 10.3 Å². The van der Waals surface area contributed by atoms with Crippen LogP contribution < -0.4 is 5.73 Å². The van der Waals surface area contributed by atoms with Crippen LogP contribution >= 0.6 is 0 Å². The molecule has 112 valence electrons. The number of piperidine rings is 1. The monoisotopic (exact) mass is 287 g/mol. The summed E-state index contributed by atoms with van der Waals surface area (Å²) in [4.78, 5) is 10.9. The van der Waals surface area contributed by atoms with Gasteiger partial charge in [-0.3, -0.25) is 9.88 Å². The minimum Gasteiger partial charge on any atom is -0.382 e. The summed E-state index contributed by atoms with van der Waals surface area (Å²) in [7, 11) is 0. The summed E-state index contributed by atoms with van der Waals surface area (Å²) in [5.41, 5.74) is 7.81. The lowest BCUT2D eigenvalue weighted by Crippen LogP contribution is -2.36. The topological polar surface area (TPSA) is 81.1 Å². The molecule has 2 aromatic heterocycles. The number of aryl methyl sites for hydroxylation is 1. The molecule has 0 bridgehead atoms. The Kier molecular flexibility index (Phi) is 4.15. The summed E-state index contributed by atoms with van der Waals surface area (Å²) in [6.07, 6.45) is 6.66. The lowest BCUT2D eigenvalue weighted by molar-refractivity contribution is 0.163. The standard InChI is InChI=1S/C15H21N5O/c1-11-7-13(19-21-11)10-20-6-2-3-12(9-20)8-14-15(16)18-5-4-17-14/h4-5,7,12H,2-3,6,8-10H2,1H3,(H2,16,18)/t12-/m0/s1. The summed E-state index contributed by atoms with van der Waals surface area (Å²) >= 11 is 0. The smallest absolute Gasteiger partial charge is 0.145 e. The molecule has 0 aliphatic carbocycles. The molecule has 3 rings (SSSR count). The Hall–Kier alpha value is -1.95. The summed E-state index contributed by atoms with van der Waals surface area (Å²) in [5, 5.41) is 4.07. The third-order valence-corrected chi connectivity index (χ3v) is 3.95. The molecule has 0 amide bonds. The predicted molar refractivity (Wildman–Crippen MR) is 79.4 cm³/mol. The quantitative estimate of drug-likeness (QED) is 0.923. The molecule has 0 spiro atoms. The first-order valence-corrected chi connectivity index (χ1v) is 7.40. The molecule has 1 atom stereocenters. The molecule has 0 saturated carbocycles. The van der Waals surface area contributed by atoms with E-state index in [1.54, 1.807) is 12.4 Å². The van der Waals surface area contributed by atoms with E-state index in [1.165, 1.54) is 12.8 Å².